The number of nitrogens with one attached hydrogen (secondary N) is 1. The maximum Gasteiger partial charge on any atom is 0.311 e. The number of nitrogen functional groups attached to an aromatic ring is 1. The summed E-state index contributed by atoms with van der Waals surface area (Å²) < 4.78 is 0. The molecule has 0 aliphatic rings. The number of nitro benzene ring substituents is 1. The molecule has 0 aliphatic carbocycles. The molecule has 3 N–H and O–H groups in total. The van der Waals surface area contributed by atoms with Crippen LogP contribution in [0.25, 0.3) is 0 Å². The summed E-state index contributed by atoms with van der Waals surface area (Å²) in [6.07, 6.45) is 0. The van der Waals surface area contributed by atoms with Gasteiger partial charge in [-0.1, -0.05) is 12.1 Å². The first-order valence-electron chi connectivity index (χ1n) is 5.85. The van der Waals surface area contributed by atoms with E-state index in [2.05, 4.69) is 10.3 Å². The zero-order chi connectivity index (χ0) is 15.4. The number of aromatic nitrogens is 1. The molecule has 1 aromatic heterocycles. The Morgan fingerprint density at radius 1 is 1.14 bits per heavy atom. The van der Waals surface area contributed by atoms with E-state index in [1.807, 2.05) is 0 Å². The summed E-state index contributed by atoms with van der Waals surface area (Å²) in [6.45, 7) is 0.284. The van der Waals surface area contributed by atoms with Crippen molar-refractivity contribution < 1.29 is 9.85 Å². The molecule has 0 bridgehead atoms. The number of non-ortho nitro benzene ring substituents is 1. The third-order valence-corrected chi connectivity index (χ3v) is 2.69. The van der Waals surface area contributed by atoms with E-state index in [-0.39, 0.29) is 23.7 Å². The van der Waals surface area contributed by atoms with Crippen molar-refractivity contribution in [1.29, 1.82) is 0 Å². The van der Waals surface area contributed by atoms with Gasteiger partial charge in [-0.3, -0.25) is 20.2 Å². The van der Waals surface area contributed by atoms with Crippen LogP contribution < -0.4 is 11.1 Å². The summed E-state index contributed by atoms with van der Waals surface area (Å²) in [6, 6.07) is 8.79. The van der Waals surface area contributed by atoms with E-state index in [4.69, 9.17) is 5.73 Å². The second-order valence-electron chi connectivity index (χ2n) is 4.14. The Labute approximate surface area is 118 Å². The highest BCUT2D eigenvalue weighted by atomic mass is 16.6. The third-order valence-electron chi connectivity index (χ3n) is 2.69. The molecule has 1 heterocycles. The fraction of sp³-hybridized carbons (Fsp3) is 0.0833. The van der Waals surface area contributed by atoms with Crippen molar-refractivity contribution in [2.24, 2.45) is 0 Å². The van der Waals surface area contributed by atoms with E-state index in [0.29, 0.717) is 11.4 Å². The zero-order valence-corrected chi connectivity index (χ0v) is 10.7. The molecule has 0 amide bonds. The number of hydrogen-bond acceptors (Lipinski definition) is 7. The molecule has 0 unspecified atom stereocenters. The first-order chi connectivity index (χ1) is 9.97. The van der Waals surface area contributed by atoms with Crippen LogP contribution in [-0.2, 0) is 6.54 Å². The highest BCUT2D eigenvalue weighted by Crippen LogP contribution is 2.21. The maximum atomic E-state index is 10.7. The van der Waals surface area contributed by atoms with Crippen molar-refractivity contribution >= 4 is 23.0 Å². The summed E-state index contributed by atoms with van der Waals surface area (Å²) in [5.41, 5.74) is 5.88. The second kappa shape index (κ2) is 5.82. The van der Waals surface area contributed by atoms with Crippen LogP contribution in [0.2, 0.25) is 0 Å². The van der Waals surface area contributed by atoms with Gasteiger partial charge in [0.1, 0.15) is 5.82 Å². The average molecular weight is 289 g/mol. The van der Waals surface area contributed by atoms with Crippen LogP contribution in [0.3, 0.4) is 0 Å². The quantitative estimate of drug-likeness (QED) is 0.634. The molecule has 108 valence electrons. The normalized spacial score (nSPS) is 10.1. The topological polar surface area (TPSA) is 137 Å². The molecular weight excluding hydrogens is 278 g/mol. The molecule has 1 aromatic carbocycles. The number of nitro groups is 2. The SMILES string of the molecule is Nc1nc(NCc2cccc([N+](=O)[O-])c2)ccc1[N+](=O)[O-]. The van der Waals surface area contributed by atoms with Crippen LogP contribution in [0.1, 0.15) is 5.56 Å². The van der Waals surface area contributed by atoms with Gasteiger partial charge in [-0.05, 0) is 11.6 Å². The molecule has 0 atom stereocenters. The van der Waals surface area contributed by atoms with Gasteiger partial charge in [-0.15, -0.1) is 0 Å². The lowest BCUT2D eigenvalue weighted by Crippen LogP contribution is -2.05. The van der Waals surface area contributed by atoms with Gasteiger partial charge in [-0.25, -0.2) is 4.98 Å². The minimum atomic E-state index is -0.618. The number of benzene rings is 1. The smallest absolute Gasteiger partial charge is 0.311 e. The molecule has 2 rings (SSSR count). The average Bonchev–Trinajstić information content (AvgIpc) is 2.45. The molecule has 0 saturated heterocycles. The molecule has 21 heavy (non-hydrogen) atoms. The number of hydrogen-bond donors (Lipinski definition) is 2. The number of nitrogens with zero attached hydrogens (tertiary/aromatic N) is 3. The van der Waals surface area contributed by atoms with E-state index in [0.717, 1.165) is 0 Å². The molecule has 2 aromatic rings. The summed E-state index contributed by atoms with van der Waals surface area (Å²) >= 11 is 0. The van der Waals surface area contributed by atoms with Crippen molar-refractivity contribution in [3.63, 3.8) is 0 Å². The fourth-order valence-electron chi connectivity index (χ4n) is 1.69. The van der Waals surface area contributed by atoms with Crippen LogP contribution in [0.4, 0.5) is 23.0 Å². The van der Waals surface area contributed by atoms with Crippen molar-refractivity contribution in [1.82, 2.24) is 4.98 Å². The van der Waals surface area contributed by atoms with Crippen LogP contribution in [-0.4, -0.2) is 14.8 Å². The summed E-state index contributed by atoms with van der Waals surface area (Å²) in [7, 11) is 0. The van der Waals surface area contributed by atoms with E-state index in [1.54, 1.807) is 12.1 Å². The largest absolute Gasteiger partial charge is 0.378 e. The fourth-order valence-corrected chi connectivity index (χ4v) is 1.69. The summed E-state index contributed by atoms with van der Waals surface area (Å²) in [5, 5.41) is 24.2. The van der Waals surface area contributed by atoms with Crippen molar-refractivity contribution in [2.45, 2.75) is 6.54 Å². The minimum absolute atomic E-state index is 0.00882. The molecule has 0 spiro atoms. The van der Waals surface area contributed by atoms with Crippen LogP contribution in [0.5, 0.6) is 0 Å². The second-order valence-corrected chi connectivity index (χ2v) is 4.14. The van der Waals surface area contributed by atoms with E-state index in [1.165, 1.54) is 24.3 Å². The van der Waals surface area contributed by atoms with Crippen LogP contribution in [0.15, 0.2) is 36.4 Å². The Kier molecular flexibility index (Phi) is 3.93. The lowest BCUT2D eigenvalue weighted by Gasteiger charge is -2.06. The first-order valence-corrected chi connectivity index (χ1v) is 5.85. The predicted molar refractivity (Wildman–Crippen MR) is 75.7 cm³/mol. The van der Waals surface area contributed by atoms with Gasteiger partial charge in [0.2, 0.25) is 5.82 Å². The molecule has 0 saturated carbocycles. The lowest BCUT2D eigenvalue weighted by molar-refractivity contribution is -0.384. The highest BCUT2D eigenvalue weighted by molar-refractivity contribution is 5.57. The van der Waals surface area contributed by atoms with Gasteiger partial charge >= 0.3 is 5.69 Å². The molecule has 9 nitrogen and oxygen atoms in total. The monoisotopic (exact) mass is 289 g/mol. The van der Waals surface area contributed by atoms with Crippen LogP contribution >= 0.6 is 0 Å². The van der Waals surface area contributed by atoms with Gasteiger partial charge in [0.25, 0.3) is 5.69 Å². The maximum absolute atomic E-state index is 10.7. The number of rotatable bonds is 5. The van der Waals surface area contributed by atoms with Gasteiger partial charge in [0.15, 0.2) is 0 Å². The Morgan fingerprint density at radius 2 is 1.90 bits per heavy atom. The molecule has 9 heteroatoms. The van der Waals surface area contributed by atoms with Gasteiger partial charge in [0, 0.05) is 24.7 Å². The number of nitrogens with two attached hydrogens (primary N) is 1. The zero-order valence-electron chi connectivity index (χ0n) is 10.7. The van der Waals surface area contributed by atoms with Gasteiger partial charge in [0.05, 0.1) is 9.85 Å². The Hall–Kier alpha value is -3.23. The van der Waals surface area contributed by atoms with E-state index < -0.39 is 9.85 Å². The van der Waals surface area contributed by atoms with Crippen molar-refractivity contribution in [2.75, 3.05) is 11.1 Å². The standard InChI is InChI=1S/C12H11N5O4/c13-12-10(17(20)21)4-5-11(15-12)14-7-8-2-1-3-9(6-8)16(18)19/h1-6H,7H2,(H3,13,14,15). The summed E-state index contributed by atoms with van der Waals surface area (Å²) in [4.78, 5) is 24.0. The Bertz CT molecular complexity index is 704. The van der Waals surface area contributed by atoms with Crippen molar-refractivity contribution in [3.8, 4) is 0 Å². The number of anilines is 2. The van der Waals surface area contributed by atoms with Crippen LogP contribution in [0, 0.1) is 20.2 Å². The molecule has 0 radical (unpaired) electrons. The molecule has 0 fully saturated rings. The van der Waals surface area contributed by atoms with Gasteiger partial charge in [-0.2, -0.15) is 0 Å². The molecular formula is C12H11N5O4. The lowest BCUT2D eigenvalue weighted by atomic mass is 10.2. The summed E-state index contributed by atoms with van der Waals surface area (Å²) in [5.74, 6) is 0.161. The van der Waals surface area contributed by atoms with E-state index >= 15 is 0 Å². The Balaban J connectivity index is 2.10. The number of pyridine rings is 1. The molecule has 0 aliphatic heterocycles. The van der Waals surface area contributed by atoms with Crippen molar-refractivity contribution in [3.05, 3.63) is 62.2 Å². The first kappa shape index (κ1) is 14.2. The minimum Gasteiger partial charge on any atom is -0.378 e. The van der Waals surface area contributed by atoms with Gasteiger partial charge < -0.3 is 11.1 Å². The Morgan fingerprint density at radius 3 is 2.52 bits per heavy atom. The third kappa shape index (κ3) is 3.41. The predicted octanol–water partition coefficient (Wildman–Crippen LogP) is 2.09. The van der Waals surface area contributed by atoms with E-state index in [9.17, 15) is 20.2 Å². The highest BCUT2D eigenvalue weighted by Gasteiger charge is 2.12.